The van der Waals surface area contributed by atoms with E-state index in [1.807, 2.05) is 0 Å². The molecule has 0 aliphatic heterocycles. The number of anilines is 1. The van der Waals surface area contributed by atoms with Crippen molar-refractivity contribution in [2.45, 2.75) is 25.6 Å². The Labute approximate surface area is 140 Å². The summed E-state index contributed by atoms with van der Waals surface area (Å²) >= 11 is 0. The molecule has 2 aliphatic rings. The molecule has 0 aromatic carbocycles. The second-order valence-corrected chi connectivity index (χ2v) is 5.91. The number of alkyl halides is 3. The van der Waals surface area contributed by atoms with Crippen LogP contribution < -0.4 is 11.1 Å². The SMILES string of the molecule is N#CC1=C=C=C(NC(=O)C2(Cn3cc(N)cn3)CC2)C=C1C(F)(F)F. The molecule has 1 aromatic rings. The molecular formula is C16H12F3N5O. The van der Waals surface area contributed by atoms with Gasteiger partial charge in [-0.3, -0.25) is 9.48 Å². The first-order chi connectivity index (χ1) is 11.7. The molecule has 0 unspecified atom stereocenters. The first-order valence-electron chi connectivity index (χ1n) is 7.28. The van der Waals surface area contributed by atoms with Crippen LogP contribution in [-0.2, 0) is 11.3 Å². The van der Waals surface area contributed by atoms with E-state index < -0.39 is 28.6 Å². The van der Waals surface area contributed by atoms with Gasteiger partial charge in [0, 0.05) is 6.20 Å². The van der Waals surface area contributed by atoms with Crippen molar-refractivity contribution in [3.8, 4) is 6.07 Å². The molecule has 3 rings (SSSR count). The van der Waals surface area contributed by atoms with Crippen LogP contribution >= 0.6 is 0 Å². The summed E-state index contributed by atoms with van der Waals surface area (Å²) in [4.78, 5) is 12.5. The van der Waals surface area contributed by atoms with Crippen molar-refractivity contribution in [3.63, 3.8) is 0 Å². The van der Waals surface area contributed by atoms with Gasteiger partial charge < -0.3 is 11.1 Å². The van der Waals surface area contributed by atoms with Crippen LogP contribution in [0.1, 0.15) is 12.8 Å². The maximum atomic E-state index is 13.0. The molecule has 1 amide bonds. The molecule has 128 valence electrons. The first-order valence-corrected chi connectivity index (χ1v) is 7.28. The predicted octanol–water partition coefficient (Wildman–Crippen LogP) is 1.95. The molecule has 6 nitrogen and oxygen atoms in total. The van der Waals surface area contributed by atoms with Crippen molar-refractivity contribution in [1.82, 2.24) is 15.1 Å². The monoisotopic (exact) mass is 347 g/mol. The molecule has 1 aromatic heterocycles. The lowest BCUT2D eigenvalue weighted by atomic mass is 10.0. The normalized spacial score (nSPS) is 17.9. The number of nitrogens with one attached hydrogen (secondary N) is 1. The summed E-state index contributed by atoms with van der Waals surface area (Å²) in [6.07, 6.45) is 0.175. The Kier molecular flexibility index (Phi) is 3.80. The molecule has 0 radical (unpaired) electrons. The molecule has 1 heterocycles. The Morgan fingerprint density at radius 2 is 2.20 bits per heavy atom. The van der Waals surface area contributed by atoms with Crippen LogP contribution in [0.4, 0.5) is 18.9 Å². The minimum atomic E-state index is -4.72. The van der Waals surface area contributed by atoms with Crippen LogP contribution in [-0.4, -0.2) is 21.9 Å². The summed E-state index contributed by atoms with van der Waals surface area (Å²) in [5.41, 5.74) is 7.81. The lowest BCUT2D eigenvalue weighted by molar-refractivity contribution is -0.126. The van der Waals surface area contributed by atoms with Gasteiger partial charge in [0.1, 0.15) is 11.6 Å². The van der Waals surface area contributed by atoms with E-state index in [1.165, 1.54) is 16.9 Å². The number of nitrogens with two attached hydrogens (primary N) is 1. The number of hydrogen-bond donors (Lipinski definition) is 2. The highest BCUT2D eigenvalue weighted by molar-refractivity contribution is 5.87. The van der Waals surface area contributed by atoms with Crippen LogP contribution in [0.5, 0.6) is 0 Å². The number of carbonyl (C=O) groups excluding carboxylic acids is 1. The molecule has 0 saturated heterocycles. The Morgan fingerprint density at radius 3 is 2.72 bits per heavy atom. The van der Waals surface area contributed by atoms with Gasteiger partial charge in [-0.15, -0.1) is 0 Å². The van der Waals surface area contributed by atoms with Gasteiger partial charge in [-0.25, -0.2) is 0 Å². The van der Waals surface area contributed by atoms with E-state index in [0.717, 1.165) is 0 Å². The van der Waals surface area contributed by atoms with E-state index in [2.05, 4.69) is 21.9 Å². The Bertz CT molecular complexity index is 914. The second-order valence-electron chi connectivity index (χ2n) is 5.91. The summed E-state index contributed by atoms with van der Waals surface area (Å²) < 4.78 is 40.4. The fourth-order valence-corrected chi connectivity index (χ4v) is 2.47. The zero-order chi connectivity index (χ0) is 18.2. The molecule has 2 aliphatic carbocycles. The smallest absolute Gasteiger partial charge is 0.396 e. The van der Waals surface area contributed by atoms with Gasteiger partial charge in [0.15, 0.2) is 0 Å². The van der Waals surface area contributed by atoms with Gasteiger partial charge in [0.05, 0.1) is 35.1 Å². The van der Waals surface area contributed by atoms with Crippen molar-refractivity contribution in [2.75, 3.05) is 5.73 Å². The van der Waals surface area contributed by atoms with Gasteiger partial charge >= 0.3 is 6.18 Å². The second kappa shape index (κ2) is 5.71. The van der Waals surface area contributed by atoms with Crippen LogP contribution in [0, 0.1) is 16.7 Å². The van der Waals surface area contributed by atoms with Crippen molar-refractivity contribution in [1.29, 1.82) is 5.26 Å². The van der Waals surface area contributed by atoms with Crippen LogP contribution in [0.2, 0.25) is 0 Å². The number of carbonyl (C=O) groups is 1. The number of hydrogen-bond acceptors (Lipinski definition) is 4. The Morgan fingerprint density at radius 1 is 1.48 bits per heavy atom. The zero-order valence-corrected chi connectivity index (χ0v) is 12.8. The molecule has 25 heavy (non-hydrogen) atoms. The zero-order valence-electron chi connectivity index (χ0n) is 12.8. The van der Waals surface area contributed by atoms with Crippen molar-refractivity contribution >= 4 is 11.6 Å². The fraction of sp³-hybridized carbons (Fsp3) is 0.312. The van der Waals surface area contributed by atoms with Gasteiger partial charge in [-0.2, -0.15) is 23.5 Å². The van der Waals surface area contributed by atoms with E-state index >= 15 is 0 Å². The quantitative estimate of drug-likeness (QED) is 0.814. The number of nitriles is 1. The summed E-state index contributed by atoms with van der Waals surface area (Å²) in [7, 11) is 0. The third-order valence-corrected chi connectivity index (χ3v) is 4.00. The van der Waals surface area contributed by atoms with Crippen LogP contribution in [0.15, 0.2) is 46.8 Å². The van der Waals surface area contributed by atoms with E-state index in [1.54, 1.807) is 6.20 Å². The van der Waals surface area contributed by atoms with Gasteiger partial charge in [-0.05, 0) is 30.4 Å². The molecule has 3 N–H and O–H groups in total. The fourth-order valence-electron chi connectivity index (χ4n) is 2.47. The number of aromatic nitrogens is 2. The maximum Gasteiger partial charge on any atom is 0.418 e. The minimum absolute atomic E-state index is 0.178. The highest BCUT2D eigenvalue weighted by Crippen LogP contribution is 2.47. The summed E-state index contributed by atoms with van der Waals surface area (Å²) in [6, 6.07) is 1.42. The van der Waals surface area contributed by atoms with E-state index in [9.17, 15) is 18.0 Å². The highest BCUT2D eigenvalue weighted by atomic mass is 19.4. The number of allylic oxidation sites excluding steroid dienone is 3. The predicted molar refractivity (Wildman–Crippen MR) is 80.3 cm³/mol. The highest BCUT2D eigenvalue weighted by Gasteiger charge is 2.50. The van der Waals surface area contributed by atoms with Crippen LogP contribution in [0.3, 0.4) is 0 Å². The largest absolute Gasteiger partial charge is 0.418 e. The van der Waals surface area contributed by atoms with E-state index in [0.29, 0.717) is 24.6 Å². The minimum Gasteiger partial charge on any atom is -0.396 e. The third-order valence-electron chi connectivity index (χ3n) is 4.00. The van der Waals surface area contributed by atoms with Gasteiger partial charge in [0.2, 0.25) is 5.91 Å². The number of rotatable bonds is 4. The molecular weight excluding hydrogens is 335 g/mol. The Hall–Kier alpha value is -3.20. The first kappa shape index (κ1) is 16.7. The number of halogens is 3. The molecule has 1 saturated carbocycles. The van der Waals surface area contributed by atoms with Crippen LogP contribution in [0.25, 0.3) is 0 Å². The van der Waals surface area contributed by atoms with Gasteiger partial charge in [0.25, 0.3) is 0 Å². The van der Waals surface area contributed by atoms with E-state index in [4.69, 9.17) is 11.0 Å². The molecule has 9 heteroatoms. The van der Waals surface area contributed by atoms with E-state index in [-0.39, 0.29) is 12.2 Å². The lowest BCUT2D eigenvalue weighted by Crippen LogP contribution is -2.34. The molecule has 1 fully saturated rings. The third kappa shape index (κ3) is 3.36. The average molecular weight is 347 g/mol. The summed E-state index contributed by atoms with van der Waals surface area (Å²) in [6.45, 7) is 0.280. The lowest BCUT2D eigenvalue weighted by Gasteiger charge is -2.17. The number of nitrogens with zero attached hydrogens (tertiary/aromatic N) is 3. The summed E-state index contributed by atoms with van der Waals surface area (Å²) in [5.74, 6) is -0.427. The maximum absolute atomic E-state index is 13.0. The number of nitrogen functional groups attached to an aromatic ring is 1. The van der Waals surface area contributed by atoms with Crippen molar-refractivity contribution in [2.24, 2.45) is 5.41 Å². The molecule has 0 atom stereocenters. The molecule has 0 bridgehead atoms. The van der Waals surface area contributed by atoms with Crippen molar-refractivity contribution < 1.29 is 18.0 Å². The standard InChI is InChI=1S/C16H12F3N5O/c17-16(18,19)13-5-12(2-1-10(13)6-20)23-14(25)15(3-4-15)9-24-8-11(21)7-22-24/h5,7-8H,3-4,9,21H2,(H,23,25). The topological polar surface area (TPSA) is 96.7 Å². The van der Waals surface area contributed by atoms with Crippen molar-refractivity contribution in [3.05, 3.63) is 46.8 Å². The average Bonchev–Trinajstić information content (AvgIpc) is 3.22. The number of amides is 1. The molecule has 0 spiro atoms. The Balaban J connectivity index is 1.79. The summed E-state index contributed by atoms with van der Waals surface area (Å²) in [5, 5.41) is 15.2. The van der Waals surface area contributed by atoms with Gasteiger partial charge in [-0.1, -0.05) is 0 Å².